The van der Waals surface area contributed by atoms with Crippen LogP contribution in [0.1, 0.15) is 51.4 Å². The molecule has 0 aromatic rings. The first-order valence-electron chi connectivity index (χ1n) is 11.1. The van der Waals surface area contributed by atoms with E-state index < -0.39 is 48.3 Å². The van der Waals surface area contributed by atoms with Crippen LogP contribution in [0.4, 0.5) is 13.2 Å². The molecule has 170 valence electrons. The molecule has 8 unspecified atom stereocenters. The molecule has 2 saturated heterocycles. The summed E-state index contributed by atoms with van der Waals surface area (Å²) in [5.74, 6) is -2.89. The summed E-state index contributed by atoms with van der Waals surface area (Å²) >= 11 is 0. The zero-order chi connectivity index (χ0) is 21.5. The summed E-state index contributed by atoms with van der Waals surface area (Å²) in [5, 5.41) is 13.2. The molecule has 2 bridgehead atoms. The van der Waals surface area contributed by atoms with E-state index in [1.165, 1.54) is 0 Å². The number of piperidine rings is 1. The highest BCUT2D eigenvalue weighted by Gasteiger charge is 2.53. The standard InChI is InChI=1S/C21H30F3NO5/c22-21(23,24)15-7-6-13(14(25-15)10-30-16-3-1-2-8-29-16)20(28)17-18(26)11-4-5-12(9-11)19(17)27/h11-18,25-26H,1-10H2. The van der Waals surface area contributed by atoms with Gasteiger partial charge in [0.2, 0.25) is 0 Å². The Hall–Kier alpha value is -1.03. The number of carbonyl (C=O) groups excluding carboxylic acids is 2. The van der Waals surface area contributed by atoms with Gasteiger partial charge in [0.05, 0.1) is 12.7 Å². The third-order valence-corrected chi connectivity index (χ3v) is 7.34. The number of fused-ring (bicyclic) bond motifs is 2. The highest BCUT2D eigenvalue weighted by atomic mass is 19.4. The highest BCUT2D eigenvalue weighted by molar-refractivity contribution is 6.06. The predicted molar refractivity (Wildman–Crippen MR) is 99.4 cm³/mol. The summed E-state index contributed by atoms with van der Waals surface area (Å²) in [6, 6.07) is -2.59. The van der Waals surface area contributed by atoms with Gasteiger partial charge in [-0.2, -0.15) is 13.2 Å². The molecule has 30 heavy (non-hydrogen) atoms. The van der Waals surface area contributed by atoms with E-state index in [0.29, 0.717) is 32.3 Å². The molecule has 2 heterocycles. The third kappa shape index (κ3) is 4.45. The molecule has 4 aliphatic rings. The SMILES string of the molecule is O=C1C2CCC(C2)C(O)C1C(=O)C1CCC(C(F)(F)F)NC1COC1CCCCO1. The molecule has 2 aliphatic carbocycles. The number of ether oxygens (including phenoxy) is 2. The molecule has 2 aliphatic heterocycles. The zero-order valence-corrected chi connectivity index (χ0v) is 16.9. The number of hydrogen-bond donors (Lipinski definition) is 2. The Labute approximate surface area is 173 Å². The van der Waals surface area contributed by atoms with Gasteiger partial charge in [0.15, 0.2) is 12.1 Å². The summed E-state index contributed by atoms with van der Waals surface area (Å²) in [5.41, 5.74) is 0. The van der Waals surface area contributed by atoms with Crippen LogP contribution in [0.3, 0.4) is 0 Å². The molecule has 0 aromatic carbocycles. The van der Waals surface area contributed by atoms with Gasteiger partial charge in [-0.1, -0.05) is 0 Å². The van der Waals surface area contributed by atoms with Crippen molar-refractivity contribution in [2.24, 2.45) is 23.7 Å². The van der Waals surface area contributed by atoms with E-state index in [9.17, 15) is 27.9 Å². The second-order valence-corrected chi connectivity index (χ2v) is 9.22. The van der Waals surface area contributed by atoms with Crippen LogP contribution in [-0.2, 0) is 19.1 Å². The van der Waals surface area contributed by atoms with Gasteiger partial charge >= 0.3 is 6.18 Å². The van der Waals surface area contributed by atoms with Crippen LogP contribution in [0.2, 0.25) is 0 Å². The fraction of sp³-hybridized carbons (Fsp3) is 0.905. The maximum atomic E-state index is 13.3. The second-order valence-electron chi connectivity index (χ2n) is 9.22. The summed E-state index contributed by atoms with van der Waals surface area (Å²) in [7, 11) is 0. The Kier molecular flexibility index (Phi) is 6.53. The first kappa shape index (κ1) is 22.2. The average molecular weight is 433 g/mol. The predicted octanol–water partition coefficient (Wildman–Crippen LogP) is 2.37. The van der Waals surface area contributed by atoms with Gasteiger partial charge in [-0.3, -0.25) is 9.59 Å². The summed E-state index contributed by atoms with van der Waals surface area (Å²) < 4.78 is 51.2. The van der Waals surface area contributed by atoms with Crippen LogP contribution < -0.4 is 5.32 Å². The van der Waals surface area contributed by atoms with Crippen LogP contribution >= 0.6 is 0 Å². The molecule has 2 saturated carbocycles. The first-order valence-corrected chi connectivity index (χ1v) is 11.1. The second kappa shape index (κ2) is 8.84. The van der Waals surface area contributed by atoms with E-state index in [0.717, 1.165) is 12.8 Å². The third-order valence-electron chi connectivity index (χ3n) is 7.34. The number of carbonyl (C=O) groups is 2. The Bertz CT molecular complexity index is 651. The highest BCUT2D eigenvalue weighted by Crippen LogP contribution is 2.44. The topological polar surface area (TPSA) is 84.9 Å². The summed E-state index contributed by atoms with van der Waals surface area (Å²) in [4.78, 5) is 26.1. The molecule has 0 radical (unpaired) electrons. The average Bonchev–Trinajstić information content (AvgIpc) is 3.18. The normalized spacial score (nSPS) is 42.3. The first-order chi connectivity index (χ1) is 14.3. The van der Waals surface area contributed by atoms with E-state index in [1.54, 1.807) is 0 Å². The van der Waals surface area contributed by atoms with Crippen LogP contribution in [0.25, 0.3) is 0 Å². The van der Waals surface area contributed by atoms with Crippen LogP contribution in [0, 0.1) is 23.7 Å². The lowest BCUT2D eigenvalue weighted by molar-refractivity contribution is -0.186. The molecule has 0 spiro atoms. The lowest BCUT2D eigenvalue weighted by Crippen LogP contribution is -2.59. The number of nitrogens with one attached hydrogen (secondary N) is 1. The van der Waals surface area contributed by atoms with Gasteiger partial charge in [0, 0.05) is 24.5 Å². The lowest BCUT2D eigenvalue weighted by atomic mass is 9.70. The molecule has 0 aromatic heterocycles. The molecule has 9 heteroatoms. The fourth-order valence-corrected chi connectivity index (χ4v) is 5.64. The minimum atomic E-state index is -4.42. The van der Waals surface area contributed by atoms with Crippen LogP contribution in [0.5, 0.6) is 0 Å². The molecule has 2 N–H and O–H groups in total. The largest absolute Gasteiger partial charge is 0.403 e. The van der Waals surface area contributed by atoms with Crippen molar-refractivity contribution in [2.75, 3.05) is 13.2 Å². The van der Waals surface area contributed by atoms with E-state index in [-0.39, 0.29) is 37.1 Å². The number of ketones is 2. The monoisotopic (exact) mass is 433 g/mol. The number of aliphatic hydroxyl groups is 1. The Balaban J connectivity index is 1.48. The molecular formula is C21H30F3NO5. The lowest BCUT2D eigenvalue weighted by Gasteiger charge is -2.41. The van der Waals surface area contributed by atoms with Crippen LogP contribution in [-0.4, -0.2) is 60.5 Å². The van der Waals surface area contributed by atoms with E-state index in [4.69, 9.17) is 9.47 Å². The molecule has 8 atom stereocenters. The van der Waals surface area contributed by atoms with Gasteiger partial charge in [0.1, 0.15) is 17.7 Å². The Morgan fingerprint density at radius 1 is 1.17 bits per heavy atom. The van der Waals surface area contributed by atoms with Crippen molar-refractivity contribution in [3.63, 3.8) is 0 Å². The number of alkyl halides is 3. The van der Waals surface area contributed by atoms with Crippen LogP contribution in [0.15, 0.2) is 0 Å². The maximum Gasteiger partial charge on any atom is 0.403 e. The molecule has 4 rings (SSSR count). The fourth-order valence-electron chi connectivity index (χ4n) is 5.64. The number of aliphatic hydroxyl groups excluding tert-OH is 1. The Morgan fingerprint density at radius 3 is 2.67 bits per heavy atom. The van der Waals surface area contributed by atoms with Crippen molar-refractivity contribution in [3.05, 3.63) is 0 Å². The van der Waals surface area contributed by atoms with E-state index in [2.05, 4.69) is 5.32 Å². The van der Waals surface area contributed by atoms with Gasteiger partial charge in [0.25, 0.3) is 0 Å². The van der Waals surface area contributed by atoms with Gasteiger partial charge in [-0.25, -0.2) is 0 Å². The van der Waals surface area contributed by atoms with Crippen molar-refractivity contribution in [2.45, 2.75) is 82.0 Å². The number of hydrogen-bond acceptors (Lipinski definition) is 6. The van der Waals surface area contributed by atoms with Crippen molar-refractivity contribution in [1.29, 1.82) is 0 Å². The number of halogens is 3. The van der Waals surface area contributed by atoms with Gasteiger partial charge < -0.3 is 19.9 Å². The Morgan fingerprint density at radius 2 is 1.97 bits per heavy atom. The van der Waals surface area contributed by atoms with Gasteiger partial charge in [-0.15, -0.1) is 0 Å². The number of rotatable bonds is 5. The molecule has 0 amide bonds. The number of Topliss-reactive ketones (excluding diaryl/α,β-unsaturated/α-hetero) is 2. The maximum absolute atomic E-state index is 13.3. The van der Waals surface area contributed by atoms with Crippen molar-refractivity contribution in [1.82, 2.24) is 5.32 Å². The smallest absolute Gasteiger partial charge is 0.392 e. The van der Waals surface area contributed by atoms with E-state index in [1.807, 2.05) is 0 Å². The molecule has 6 nitrogen and oxygen atoms in total. The summed E-state index contributed by atoms with van der Waals surface area (Å²) in [6.45, 7) is 0.444. The zero-order valence-electron chi connectivity index (χ0n) is 16.9. The van der Waals surface area contributed by atoms with E-state index >= 15 is 0 Å². The van der Waals surface area contributed by atoms with Crippen molar-refractivity contribution < 1.29 is 37.3 Å². The summed E-state index contributed by atoms with van der Waals surface area (Å²) in [6.07, 6.45) is -1.67. The molecular weight excluding hydrogens is 403 g/mol. The minimum Gasteiger partial charge on any atom is -0.392 e. The quantitative estimate of drug-likeness (QED) is 0.648. The van der Waals surface area contributed by atoms with Gasteiger partial charge in [-0.05, 0) is 57.3 Å². The van der Waals surface area contributed by atoms with Crippen molar-refractivity contribution in [3.8, 4) is 0 Å². The molecule has 4 fully saturated rings. The van der Waals surface area contributed by atoms with Crippen molar-refractivity contribution >= 4 is 11.6 Å². The minimum absolute atomic E-state index is 0.0153.